The van der Waals surface area contributed by atoms with E-state index in [-0.39, 0.29) is 23.4 Å². The second-order valence-corrected chi connectivity index (χ2v) is 7.81. The number of amides is 1. The van der Waals surface area contributed by atoms with E-state index >= 15 is 0 Å². The first kappa shape index (κ1) is 22.6. The second kappa shape index (κ2) is 9.47. The Hall–Kier alpha value is -3.63. The lowest BCUT2D eigenvalue weighted by atomic mass is 9.95. The summed E-state index contributed by atoms with van der Waals surface area (Å²) in [5.74, 6) is -2.68. The molecular weight excluding hydrogens is 433 g/mol. The van der Waals surface area contributed by atoms with Gasteiger partial charge in [0.1, 0.15) is 11.6 Å². The number of aliphatic hydroxyl groups excluding tert-OH is 1. The summed E-state index contributed by atoms with van der Waals surface area (Å²) < 4.78 is 18.7. The van der Waals surface area contributed by atoms with Gasteiger partial charge in [-0.1, -0.05) is 12.1 Å². The van der Waals surface area contributed by atoms with Crippen molar-refractivity contribution in [2.45, 2.75) is 6.04 Å². The molecule has 0 spiro atoms. The SMILES string of the molecule is O=C1C(=O)N(CCN2CCOCC2)[C@H](c2cccc([N+](=O)[O-])c2)/C1=C(\O)c1ccc(F)cc1. The number of benzene rings is 2. The standard InChI is InChI=1S/C23H22FN3O6/c24-17-6-4-15(5-7-17)21(28)19-20(16-2-1-3-18(14-16)27(31)32)26(23(30)22(19)29)9-8-25-10-12-33-13-11-25/h1-7,14,20,28H,8-13H2/b21-19+/t20-/m1/s1. The number of ether oxygens (including phenoxy) is 1. The van der Waals surface area contributed by atoms with Crippen molar-refractivity contribution in [2.24, 2.45) is 0 Å². The number of ketones is 1. The topological polar surface area (TPSA) is 113 Å². The Kier molecular flexibility index (Phi) is 6.47. The van der Waals surface area contributed by atoms with Crippen LogP contribution in [-0.2, 0) is 14.3 Å². The average Bonchev–Trinajstić information content (AvgIpc) is 3.08. The Labute approximate surface area is 188 Å². The van der Waals surface area contributed by atoms with E-state index in [2.05, 4.69) is 4.90 Å². The number of nitro groups is 1. The predicted molar refractivity (Wildman–Crippen MR) is 116 cm³/mol. The van der Waals surface area contributed by atoms with Crippen molar-refractivity contribution in [2.75, 3.05) is 39.4 Å². The van der Waals surface area contributed by atoms with Crippen LogP contribution in [0, 0.1) is 15.9 Å². The van der Waals surface area contributed by atoms with Crippen LogP contribution in [0.3, 0.4) is 0 Å². The van der Waals surface area contributed by atoms with Gasteiger partial charge in [0, 0.05) is 43.9 Å². The fourth-order valence-electron chi connectivity index (χ4n) is 4.10. The second-order valence-electron chi connectivity index (χ2n) is 7.81. The van der Waals surface area contributed by atoms with E-state index in [0.29, 0.717) is 38.4 Å². The first-order valence-corrected chi connectivity index (χ1v) is 10.5. The van der Waals surface area contributed by atoms with Crippen LogP contribution in [0.1, 0.15) is 17.2 Å². The highest BCUT2D eigenvalue weighted by molar-refractivity contribution is 6.46. The zero-order valence-electron chi connectivity index (χ0n) is 17.6. The molecule has 33 heavy (non-hydrogen) atoms. The minimum atomic E-state index is -1.02. The molecule has 2 aliphatic rings. The molecule has 1 amide bonds. The number of hydrogen-bond donors (Lipinski definition) is 1. The number of nitro benzene ring substituents is 1. The first-order chi connectivity index (χ1) is 15.9. The summed E-state index contributed by atoms with van der Waals surface area (Å²) in [4.78, 5) is 40.1. The average molecular weight is 455 g/mol. The normalized spacial score (nSPS) is 20.9. The van der Waals surface area contributed by atoms with E-state index < -0.39 is 34.2 Å². The molecule has 1 atom stereocenters. The number of non-ortho nitro benzene ring substituents is 1. The monoisotopic (exact) mass is 455 g/mol. The lowest BCUT2D eigenvalue weighted by Gasteiger charge is -2.31. The van der Waals surface area contributed by atoms with Gasteiger partial charge in [0.25, 0.3) is 17.4 Å². The van der Waals surface area contributed by atoms with Crippen LogP contribution in [0.25, 0.3) is 5.76 Å². The molecule has 0 aromatic heterocycles. The van der Waals surface area contributed by atoms with Crippen molar-refractivity contribution in [3.05, 3.63) is 81.2 Å². The number of rotatable bonds is 6. The molecule has 2 aromatic carbocycles. The number of morpholine rings is 1. The molecule has 2 saturated heterocycles. The maximum atomic E-state index is 13.4. The van der Waals surface area contributed by atoms with Crippen molar-refractivity contribution in [1.29, 1.82) is 0 Å². The van der Waals surface area contributed by atoms with Crippen molar-refractivity contribution in [3.63, 3.8) is 0 Å². The predicted octanol–water partition coefficient (Wildman–Crippen LogP) is 2.49. The molecule has 0 aliphatic carbocycles. The molecule has 1 N–H and O–H groups in total. The molecule has 0 bridgehead atoms. The van der Waals surface area contributed by atoms with E-state index in [1.165, 1.54) is 35.2 Å². The van der Waals surface area contributed by atoms with Gasteiger partial charge in [-0.3, -0.25) is 24.6 Å². The molecular formula is C23H22FN3O6. The zero-order chi connectivity index (χ0) is 23.5. The van der Waals surface area contributed by atoms with Gasteiger partial charge in [-0.25, -0.2) is 4.39 Å². The summed E-state index contributed by atoms with van der Waals surface area (Å²) in [5, 5.41) is 22.3. The fourth-order valence-corrected chi connectivity index (χ4v) is 4.10. The van der Waals surface area contributed by atoms with Crippen molar-refractivity contribution >= 4 is 23.1 Å². The highest BCUT2D eigenvalue weighted by Gasteiger charge is 2.46. The Morgan fingerprint density at radius 2 is 1.82 bits per heavy atom. The maximum absolute atomic E-state index is 13.4. The van der Waals surface area contributed by atoms with Crippen LogP contribution in [0.5, 0.6) is 0 Å². The van der Waals surface area contributed by atoms with E-state index in [9.17, 15) is 29.2 Å². The van der Waals surface area contributed by atoms with Crippen LogP contribution >= 0.6 is 0 Å². The van der Waals surface area contributed by atoms with Gasteiger partial charge in [-0.15, -0.1) is 0 Å². The van der Waals surface area contributed by atoms with Crippen molar-refractivity contribution in [1.82, 2.24) is 9.80 Å². The lowest BCUT2D eigenvalue weighted by Crippen LogP contribution is -2.42. The van der Waals surface area contributed by atoms with Crippen LogP contribution < -0.4 is 0 Å². The third-order valence-corrected chi connectivity index (χ3v) is 5.82. The minimum Gasteiger partial charge on any atom is -0.507 e. The third-order valence-electron chi connectivity index (χ3n) is 5.82. The number of likely N-dealkylation sites (tertiary alicyclic amines) is 1. The molecule has 2 aromatic rings. The van der Waals surface area contributed by atoms with Gasteiger partial charge in [-0.2, -0.15) is 0 Å². The lowest BCUT2D eigenvalue weighted by molar-refractivity contribution is -0.384. The molecule has 0 radical (unpaired) electrons. The Balaban J connectivity index is 1.77. The van der Waals surface area contributed by atoms with Gasteiger partial charge in [0.05, 0.1) is 29.8 Å². The van der Waals surface area contributed by atoms with Gasteiger partial charge >= 0.3 is 0 Å². The quantitative estimate of drug-likeness (QED) is 0.234. The summed E-state index contributed by atoms with van der Waals surface area (Å²) >= 11 is 0. The van der Waals surface area contributed by atoms with Crippen LogP contribution in [-0.4, -0.2) is 70.9 Å². The third kappa shape index (κ3) is 4.62. The smallest absolute Gasteiger partial charge is 0.295 e. The summed E-state index contributed by atoms with van der Waals surface area (Å²) in [6.07, 6.45) is 0. The largest absolute Gasteiger partial charge is 0.507 e. The molecule has 0 unspecified atom stereocenters. The van der Waals surface area contributed by atoms with E-state index in [0.717, 1.165) is 12.1 Å². The molecule has 0 saturated carbocycles. The van der Waals surface area contributed by atoms with Crippen molar-refractivity contribution in [3.8, 4) is 0 Å². The number of aliphatic hydroxyl groups is 1. The Bertz CT molecular complexity index is 1110. The van der Waals surface area contributed by atoms with E-state index in [4.69, 9.17) is 4.74 Å². The van der Waals surface area contributed by atoms with Gasteiger partial charge in [-0.05, 0) is 29.8 Å². The number of carbonyl (C=O) groups excluding carboxylic acids is 2. The van der Waals surface area contributed by atoms with Gasteiger partial charge in [0.2, 0.25) is 0 Å². The molecule has 2 fully saturated rings. The number of hydrogen-bond acceptors (Lipinski definition) is 7. The molecule has 4 rings (SSSR count). The number of nitrogens with zero attached hydrogens (tertiary/aromatic N) is 3. The van der Waals surface area contributed by atoms with Crippen LogP contribution in [0.15, 0.2) is 54.1 Å². The van der Waals surface area contributed by atoms with E-state index in [1.54, 1.807) is 6.07 Å². The Morgan fingerprint density at radius 1 is 1.12 bits per heavy atom. The minimum absolute atomic E-state index is 0.165. The summed E-state index contributed by atoms with van der Waals surface area (Å²) in [7, 11) is 0. The molecule has 2 aliphatic heterocycles. The van der Waals surface area contributed by atoms with Crippen molar-refractivity contribution < 1.29 is 28.7 Å². The zero-order valence-corrected chi connectivity index (χ0v) is 17.6. The summed E-state index contributed by atoms with van der Waals surface area (Å²) in [5.41, 5.74) is 0.106. The van der Waals surface area contributed by atoms with E-state index in [1.807, 2.05) is 0 Å². The van der Waals surface area contributed by atoms with Crippen LogP contribution in [0.2, 0.25) is 0 Å². The highest BCUT2D eigenvalue weighted by Crippen LogP contribution is 2.40. The molecule has 10 heteroatoms. The first-order valence-electron chi connectivity index (χ1n) is 10.5. The van der Waals surface area contributed by atoms with Crippen LogP contribution in [0.4, 0.5) is 10.1 Å². The number of Topliss-reactive ketones (excluding diaryl/α,β-unsaturated/α-hetero) is 1. The molecule has 172 valence electrons. The Morgan fingerprint density at radius 3 is 2.48 bits per heavy atom. The molecule has 9 nitrogen and oxygen atoms in total. The van der Waals surface area contributed by atoms with Gasteiger partial charge in [0.15, 0.2) is 0 Å². The highest BCUT2D eigenvalue weighted by atomic mass is 19.1. The number of halogens is 1. The maximum Gasteiger partial charge on any atom is 0.295 e. The summed E-state index contributed by atoms with van der Waals surface area (Å²) in [6.45, 7) is 3.15. The number of carbonyl (C=O) groups is 2. The fraction of sp³-hybridized carbons (Fsp3) is 0.304. The van der Waals surface area contributed by atoms with Gasteiger partial charge < -0.3 is 14.7 Å². The summed E-state index contributed by atoms with van der Waals surface area (Å²) in [6, 6.07) is 9.48. The molecule has 2 heterocycles.